The van der Waals surface area contributed by atoms with E-state index in [-0.39, 0.29) is 4.70 Å². The van der Waals surface area contributed by atoms with E-state index in [1.165, 1.54) is 45.2 Å². The minimum Gasteiger partial charge on any atom is -1.00 e. The van der Waals surface area contributed by atoms with Gasteiger partial charge in [0.1, 0.15) is 13.1 Å². The smallest absolute Gasteiger partial charge is 0.152 e. The van der Waals surface area contributed by atoms with Crippen molar-refractivity contribution in [3.63, 3.8) is 0 Å². The second-order valence-electron chi connectivity index (χ2n) is 3.36. The van der Waals surface area contributed by atoms with E-state index in [1.54, 1.807) is 5.71 Å². The molecule has 0 spiro atoms. The molecule has 0 aromatic heterocycles. The van der Waals surface area contributed by atoms with Crippen molar-refractivity contribution in [1.82, 2.24) is 0 Å². The third-order valence-corrected chi connectivity index (χ3v) is 2.53. The van der Waals surface area contributed by atoms with Crippen LogP contribution in [-0.2, 0) is 0 Å². The molecule has 72 valence electrons. The summed E-state index contributed by atoms with van der Waals surface area (Å²) >= 11 is 0. The van der Waals surface area contributed by atoms with Crippen LogP contribution < -0.4 is 4.70 Å². The molecule has 0 radical (unpaired) electrons. The molecule has 0 saturated carbocycles. The van der Waals surface area contributed by atoms with E-state index in [9.17, 15) is 0 Å². The Bertz CT molecular complexity index is 152. The minimum absolute atomic E-state index is 0. The van der Waals surface area contributed by atoms with Gasteiger partial charge in [-0.3, -0.25) is 0 Å². The summed E-state index contributed by atoms with van der Waals surface area (Å²) < 4.78 is 2.59. The highest BCUT2D eigenvalue weighted by Crippen LogP contribution is 2.07. The first-order chi connectivity index (χ1) is 5.38. The maximum atomic E-state index is 2.59. The standard InChI is InChI=1S/C10H20N.FH/c1-3-5-8-11-9-6-7-10(11)4-2;/h3-9H2,1-2H3;1H/q+1;/p-1. The topological polar surface area (TPSA) is 3.01 Å². The molecule has 0 aromatic carbocycles. The minimum atomic E-state index is 0. The lowest BCUT2D eigenvalue weighted by Crippen LogP contribution is -3.00. The van der Waals surface area contributed by atoms with Gasteiger partial charge >= 0.3 is 0 Å². The second kappa shape index (κ2) is 6.15. The van der Waals surface area contributed by atoms with Gasteiger partial charge in [0.25, 0.3) is 0 Å². The van der Waals surface area contributed by atoms with Gasteiger partial charge in [0.15, 0.2) is 5.71 Å². The molecule has 1 aliphatic heterocycles. The van der Waals surface area contributed by atoms with Gasteiger partial charge in [0, 0.05) is 25.7 Å². The zero-order valence-corrected chi connectivity index (χ0v) is 8.27. The third-order valence-electron chi connectivity index (χ3n) is 2.53. The van der Waals surface area contributed by atoms with Crippen LogP contribution in [0.4, 0.5) is 0 Å². The SMILES string of the molecule is CCCC[N+]1=C(CC)CCC1.[F-]. The second-order valence-corrected chi connectivity index (χ2v) is 3.36. The average molecular weight is 173 g/mol. The van der Waals surface area contributed by atoms with Crippen molar-refractivity contribution in [2.75, 3.05) is 13.1 Å². The van der Waals surface area contributed by atoms with Crippen molar-refractivity contribution in [3.8, 4) is 0 Å². The highest BCUT2D eigenvalue weighted by atomic mass is 19.0. The molecule has 0 N–H and O–H groups in total. The van der Waals surface area contributed by atoms with Crippen molar-refractivity contribution in [3.05, 3.63) is 0 Å². The van der Waals surface area contributed by atoms with Gasteiger partial charge in [-0.05, 0) is 0 Å². The summed E-state index contributed by atoms with van der Waals surface area (Å²) in [5, 5.41) is 0. The summed E-state index contributed by atoms with van der Waals surface area (Å²) in [5.74, 6) is 0. The Hall–Kier alpha value is -0.400. The van der Waals surface area contributed by atoms with Gasteiger partial charge < -0.3 is 4.70 Å². The van der Waals surface area contributed by atoms with Gasteiger partial charge in [-0.25, -0.2) is 4.58 Å². The van der Waals surface area contributed by atoms with Gasteiger partial charge in [0.05, 0.1) is 0 Å². The van der Waals surface area contributed by atoms with E-state index < -0.39 is 0 Å². The van der Waals surface area contributed by atoms with Crippen LogP contribution in [0, 0.1) is 0 Å². The summed E-state index contributed by atoms with van der Waals surface area (Å²) in [6, 6.07) is 0. The maximum absolute atomic E-state index is 2.59. The Morgan fingerprint density at radius 1 is 1.33 bits per heavy atom. The number of halogens is 1. The number of hydrogen-bond donors (Lipinski definition) is 0. The van der Waals surface area contributed by atoms with E-state index in [1.807, 2.05) is 0 Å². The zero-order chi connectivity index (χ0) is 8.10. The van der Waals surface area contributed by atoms with Gasteiger partial charge in [0.2, 0.25) is 0 Å². The zero-order valence-electron chi connectivity index (χ0n) is 8.27. The van der Waals surface area contributed by atoms with Crippen LogP contribution in [-0.4, -0.2) is 23.4 Å². The molecule has 1 nitrogen and oxygen atoms in total. The van der Waals surface area contributed by atoms with E-state index in [0.29, 0.717) is 0 Å². The van der Waals surface area contributed by atoms with Gasteiger partial charge in [-0.1, -0.05) is 20.3 Å². The maximum Gasteiger partial charge on any atom is 0.152 e. The first kappa shape index (κ1) is 11.6. The van der Waals surface area contributed by atoms with Crippen LogP contribution in [0.3, 0.4) is 0 Å². The molecule has 0 saturated heterocycles. The first-order valence-electron chi connectivity index (χ1n) is 4.98. The largest absolute Gasteiger partial charge is 1.00 e. The van der Waals surface area contributed by atoms with E-state index in [2.05, 4.69) is 18.4 Å². The monoisotopic (exact) mass is 173 g/mol. The first-order valence-corrected chi connectivity index (χ1v) is 4.98. The summed E-state index contributed by atoms with van der Waals surface area (Å²) in [6.45, 7) is 7.17. The summed E-state index contributed by atoms with van der Waals surface area (Å²) in [7, 11) is 0. The number of nitrogens with zero attached hydrogens (tertiary/aromatic N) is 1. The molecule has 0 aliphatic carbocycles. The quantitative estimate of drug-likeness (QED) is 0.502. The predicted molar refractivity (Wildman–Crippen MR) is 49.4 cm³/mol. The molecule has 0 amide bonds. The van der Waals surface area contributed by atoms with Crippen LogP contribution in [0.15, 0.2) is 0 Å². The van der Waals surface area contributed by atoms with Crippen molar-refractivity contribution in [2.24, 2.45) is 0 Å². The normalized spacial score (nSPS) is 16.5. The average Bonchev–Trinajstić information content (AvgIpc) is 2.47. The molecular formula is C10H20FN. The molecule has 12 heavy (non-hydrogen) atoms. The lowest BCUT2D eigenvalue weighted by molar-refractivity contribution is -0.521. The van der Waals surface area contributed by atoms with E-state index in [4.69, 9.17) is 0 Å². The molecule has 0 atom stereocenters. The highest BCUT2D eigenvalue weighted by Gasteiger charge is 2.18. The Morgan fingerprint density at radius 2 is 2.08 bits per heavy atom. The Morgan fingerprint density at radius 3 is 2.67 bits per heavy atom. The lowest BCUT2D eigenvalue weighted by Gasteiger charge is -1.98. The van der Waals surface area contributed by atoms with Gasteiger partial charge in [-0.15, -0.1) is 0 Å². The van der Waals surface area contributed by atoms with Crippen molar-refractivity contribution in [2.45, 2.75) is 46.0 Å². The number of unbranched alkanes of at least 4 members (excludes halogenated alkanes) is 1. The summed E-state index contributed by atoms with van der Waals surface area (Å²) in [4.78, 5) is 0. The molecule has 0 aromatic rings. The van der Waals surface area contributed by atoms with E-state index in [0.717, 1.165) is 0 Å². The molecule has 2 heteroatoms. The van der Waals surface area contributed by atoms with Crippen LogP contribution in [0.1, 0.15) is 46.0 Å². The summed E-state index contributed by atoms with van der Waals surface area (Å²) in [6.07, 6.45) is 6.72. The molecule has 0 unspecified atom stereocenters. The fraction of sp³-hybridized carbons (Fsp3) is 0.900. The third kappa shape index (κ3) is 2.92. The van der Waals surface area contributed by atoms with Crippen molar-refractivity contribution in [1.29, 1.82) is 0 Å². The predicted octanol–water partition coefficient (Wildman–Crippen LogP) is -0.552. The highest BCUT2D eigenvalue weighted by molar-refractivity contribution is 5.80. The Kier molecular flexibility index (Phi) is 5.95. The molecule has 1 rings (SSSR count). The number of hydrogen-bond acceptors (Lipinski definition) is 0. The van der Waals surface area contributed by atoms with E-state index >= 15 is 0 Å². The van der Waals surface area contributed by atoms with Crippen LogP contribution >= 0.6 is 0 Å². The fourth-order valence-electron chi connectivity index (χ4n) is 1.81. The lowest BCUT2D eigenvalue weighted by atomic mass is 10.2. The van der Waals surface area contributed by atoms with Crippen molar-refractivity contribution >= 4 is 5.71 Å². The molecule has 1 aliphatic rings. The Balaban J connectivity index is 0.00000121. The van der Waals surface area contributed by atoms with Crippen LogP contribution in [0.2, 0.25) is 0 Å². The van der Waals surface area contributed by atoms with Crippen molar-refractivity contribution < 1.29 is 9.28 Å². The fourth-order valence-corrected chi connectivity index (χ4v) is 1.81. The molecule has 0 bridgehead atoms. The molecular weight excluding hydrogens is 153 g/mol. The van der Waals surface area contributed by atoms with Gasteiger partial charge in [-0.2, -0.15) is 0 Å². The number of rotatable bonds is 4. The Labute approximate surface area is 74.9 Å². The van der Waals surface area contributed by atoms with Crippen LogP contribution in [0.25, 0.3) is 0 Å². The molecule has 1 heterocycles. The summed E-state index contributed by atoms with van der Waals surface area (Å²) in [5.41, 5.74) is 1.69. The molecule has 0 fully saturated rings. The van der Waals surface area contributed by atoms with Crippen LogP contribution in [0.5, 0.6) is 0 Å².